The van der Waals surface area contributed by atoms with E-state index in [1.54, 1.807) is 24.3 Å². The zero-order valence-corrected chi connectivity index (χ0v) is 17.5. The largest absolute Gasteiger partial charge is 0.496 e. The quantitative estimate of drug-likeness (QED) is 0.301. The molecule has 0 saturated heterocycles. The highest BCUT2D eigenvalue weighted by atomic mass is 32.2. The van der Waals surface area contributed by atoms with E-state index in [0.717, 1.165) is 16.4 Å². The maximum Gasteiger partial charge on any atom is 0.416 e. The molecule has 14 heteroatoms. The Morgan fingerprint density at radius 1 is 1.06 bits per heavy atom. The maximum atomic E-state index is 13.0. The fraction of sp³-hybridized carbons (Fsp3) is 0.211. The zero-order valence-electron chi connectivity index (χ0n) is 16.7. The molecule has 0 fully saturated rings. The number of methoxy groups -OCH3 is 1. The summed E-state index contributed by atoms with van der Waals surface area (Å²) in [4.78, 5) is 12.2. The van der Waals surface area contributed by atoms with Crippen molar-refractivity contribution in [3.05, 3.63) is 53.6 Å². The van der Waals surface area contributed by atoms with E-state index in [9.17, 15) is 31.1 Å². The van der Waals surface area contributed by atoms with Gasteiger partial charge in [-0.05, 0) is 30.3 Å². The Bertz CT molecular complexity index is 1130. The van der Waals surface area contributed by atoms with Gasteiger partial charge in [0.05, 0.1) is 29.6 Å². The number of ether oxygens (including phenoxy) is 1. The van der Waals surface area contributed by atoms with Crippen molar-refractivity contribution in [1.29, 1.82) is 0 Å². The lowest BCUT2D eigenvalue weighted by Gasteiger charge is -2.14. The smallest absolute Gasteiger partial charge is 0.416 e. The van der Waals surface area contributed by atoms with Gasteiger partial charge in [-0.3, -0.25) is 4.79 Å². The molecule has 0 atom stereocenters. The Morgan fingerprint density at radius 3 is 2.24 bits per heavy atom. The standard InChI is InChI=1S/C19H15F6N5O2S/c1-32-14-5-3-2-4-13(14)16-28-29-17(30(16)26)33-9-15(31)27-12-7-10(18(20,21)22)6-11(8-12)19(23,24)25/h2-8H,9,26H2,1H3,(H,27,31). The molecule has 0 aliphatic heterocycles. The van der Waals surface area contributed by atoms with Crippen molar-refractivity contribution in [3.63, 3.8) is 0 Å². The molecule has 1 amide bonds. The molecule has 0 saturated carbocycles. The predicted molar refractivity (Wildman–Crippen MR) is 108 cm³/mol. The van der Waals surface area contributed by atoms with E-state index >= 15 is 0 Å². The van der Waals surface area contributed by atoms with Crippen molar-refractivity contribution < 1.29 is 35.9 Å². The fourth-order valence-corrected chi connectivity index (χ4v) is 3.40. The van der Waals surface area contributed by atoms with Crippen LogP contribution in [0.15, 0.2) is 47.6 Å². The molecule has 3 aromatic rings. The van der Waals surface area contributed by atoms with Gasteiger partial charge in [-0.2, -0.15) is 26.3 Å². The van der Waals surface area contributed by atoms with Crippen LogP contribution in [0.1, 0.15) is 11.1 Å². The number of alkyl halides is 6. The number of nitrogens with zero attached hydrogens (tertiary/aromatic N) is 3. The molecule has 3 rings (SSSR count). The number of carbonyl (C=O) groups is 1. The van der Waals surface area contributed by atoms with E-state index in [-0.39, 0.29) is 17.0 Å². The number of rotatable bonds is 6. The van der Waals surface area contributed by atoms with E-state index < -0.39 is 40.8 Å². The Kier molecular flexibility index (Phi) is 6.76. The van der Waals surface area contributed by atoms with Gasteiger partial charge in [0.1, 0.15) is 5.75 Å². The number of aromatic nitrogens is 3. The normalized spacial score (nSPS) is 12.0. The number of benzene rings is 2. The Balaban J connectivity index is 1.75. The number of nitrogen functional groups attached to an aromatic ring is 1. The lowest BCUT2D eigenvalue weighted by molar-refractivity contribution is -0.143. The first kappa shape index (κ1) is 24.2. The Hall–Kier alpha value is -3.42. The van der Waals surface area contributed by atoms with Crippen LogP contribution in [0.2, 0.25) is 0 Å². The third-order valence-corrected chi connectivity index (χ3v) is 5.16. The highest BCUT2D eigenvalue weighted by Gasteiger charge is 2.37. The van der Waals surface area contributed by atoms with Crippen LogP contribution in [0, 0.1) is 0 Å². The molecule has 2 aromatic carbocycles. The number of halogens is 6. The molecular weight excluding hydrogens is 476 g/mol. The van der Waals surface area contributed by atoms with Gasteiger partial charge in [-0.25, -0.2) is 4.68 Å². The molecular formula is C19H15F6N5O2S. The maximum absolute atomic E-state index is 13.0. The molecule has 1 heterocycles. The molecule has 33 heavy (non-hydrogen) atoms. The SMILES string of the molecule is COc1ccccc1-c1nnc(SCC(=O)Nc2cc(C(F)(F)F)cc(C(F)(F)F)c2)n1N. The van der Waals surface area contributed by atoms with Crippen LogP contribution >= 0.6 is 11.8 Å². The van der Waals surface area contributed by atoms with Crippen LogP contribution in [-0.2, 0) is 17.1 Å². The van der Waals surface area contributed by atoms with Crippen molar-refractivity contribution in [2.45, 2.75) is 17.5 Å². The molecule has 0 spiro atoms. The molecule has 7 nitrogen and oxygen atoms in total. The average molecular weight is 491 g/mol. The van der Waals surface area contributed by atoms with Gasteiger partial charge in [-0.1, -0.05) is 23.9 Å². The molecule has 0 unspecified atom stereocenters. The second-order valence-electron chi connectivity index (χ2n) is 6.51. The number of para-hydroxylation sites is 1. The monoisotopic (exact) mass is 491 g/mol. The molecule has 176 valence electrons. The molecule has 0 aliphatic carbocycles. The van der Waals surface area contributed by atoms with Gasteiger partial charge < -0.3 is 15.9 Å². The first-order valence-corrected chi connectivity index (χ1v) is 9.94. The minimum Gasteiger partial charge on any atom is -0.496 e. The minimum absolute atomic E-state index is 0.0271. The minimum atomic E-state index is -5.03. The van der Waals surface area contributed by atoms with Gasteiger partial charge in [0.15, 0.2) is 5.82 Å². The molecule has 0 radical (unpaired) electrons. The summed E-state index contributed by atoms with van der Waals surface area (Å²) >= 11 is 0.790. The lowest BCUT2D eigenvalue weighted by atomic mass is 10.1. The number of carbonyl (C=O) groups excluding carboxylic acids is 1. The summed E-state index contributed by atoms with van der Waals surface area (Å²) in [6, 6.07) is 7.62. The van der Waals surface area contributed by atoms with E-state index in [2.05, 4.69) is 10.2 Å². The average Bonchev–Trinajstić information content (AvgIpc) is 3.11. The van der Waals surface area contributed by atoms with Gasteiger partial charge in [0, 0.05) is 5.69 Å². The summed E-state index contributed by atoms with van der Waals surface area (Å²) in [5, 5.41) is 9.92. The Morgan fingerprint density at radius 2 is 1.67 bits per heavy atom. The van der Waals surface area contributed by atoms with Crippen LogP contribution in [0.25, 0.3) is 11.4 Å². The summed E-state index contributed by atoms with van der Waals surface area (Å²) < 4.78 is 84.1. The molecule has 0 bridgehead atoms. The topological polar surface area (TPSA) is 95.1 Å². The van der Waals surface area contributed by atoms with Crippen molar-refractivity contribution in [2.24, 2.45) is 0 Å². The van der Waals surface area contributed by atoms with Crippen molar-refractivity contribution in [3.8, 4) is 17.1 Å². The summed E-state index contributed by atoms with van der Waals surface area (Å²) in [6.07, 6.45) is -10.1. The van der Waals surface area contributed by atoms with Crippen molar-refractivity contribution >= 4 is 23.4 Å². The van der Waals surface area contributed by atoms with Crippen LogP contribution < -0.4 is 15.9 Å². The summed E-state index contributed by atoms with van der Waals surface area (Å²) in [5.41, 5.74) is -3.20. The number of thioether (sulfide) groups is 1. The number of hydrogen-bond donors (Lipinski definition) is 2. The van der Waals surface area contributed by atoms with Crippen LogP contribution in [0.4, 0.5) is 32.0 Å². The van der Waals surface area contributed by atoms with Gasteiger partial charge in [0.25, 0.3) is 0 Å². The summed E-state index contributed by atoms with van der Waals surface area (Å²) in [6.45, 7) is 0. The highest BCUT2D eigenvalue weighted by Crippen LogP contribution is 2.37. The first-order valence-electron chi connectivity index (χ1n) is 8.96. The number of amides is 1. The van der Waals surface area contributed by atoms with Gasteiger partial charge in [-0.15, -0.1) is 10.2 Å². The van der Waals surface area contributed by atoms with Crippen LogP contribution in [-0.4, -0.2) is 33.6 Å². The van der Waals surface area contributed by atoms with E-state index in [4.69, 9.17) is 10.6 Å². The summed E-state index contributed by atoms with van der Waals surface area (Å²) in [7, 11) is 1.45. The lowest BCUT2D eigenvalue weighted by Crippen LogP contribution is -2.18. The van der Waals surface area contributed by atoms with Crippen LogP contribution in [0.3, 0.4) is 0 Å². The number of anilines is 1. The third-order valence-electron chi connectivity index (χ3n) is 4.22. The van der Waals surface area contributed by atoms with Gasteiger partial charge in [0.2, 0.25) is 11.1 Å². The number of nitrogens with two attached hydrogens (primary N) is 1. The van der Waals surface area contributed by atoms with Crippen LogP contribution in [0.5, 0.6) is 5.75 Å². The van der Waals surface area contributed by atoms with Crippen molar-refractivity contribution in [2.75, 3.05) is 24.0 Å². The second kappa shape index (κ2) is 9.21. The Labute approximate surface area is 186 Å². The third kappa shape index (κ3) is 5.69. The summed E-state index contributed by atoms with van der Waals surface area (Å²) in [5.74, 6) is 5.39. The number of nitrogens with one attached hydrogen (secondary N) is 1. The first-order chi connectivity index (χ1) is 15.4. The predicted octanol–water partition coefficient (Wildman–Crippen LogP) is 4.44. The molecule has 1 aromatic heterocycles. The van der Waals surface area contributed by atoms with Gasteiger partial charge >= 0.3 is 12.4 Å². The molecule has 0 aliphatic rings. The zero-order chi connectivity index (χ0) is 24.4. The second-order valence-corrected chi connectivity index (χ2v) is 7.45. The van der Waals surface area contributed by atoms with E-state index in [1.165, 1.54) is 7.11 Å². The molecule has 3 N–H and O–H groups in total. The van der Waals surface area contributed by atoms with Crippen molar-refractivity contribution in [1.82, 2.24) is 14.9 Å². The highest BCUT2D eigenvalue weighted by molar-refractivity contribution is 7.99. The fourth-order valence-electron chi connectivity index (χ4n) is 2.74. The number of hydrogen-bond acceptors (Lipinski definition) is 6. The van der Waals surface area contributed by atoms with E-state index in [0.29, 0.717) is 23.4 Å². The van der Waals surface area contributed by atoms with E-state index in [1.807, 2.05) is 5.32 Å².